The number of aryl methyl sites for hydroxylation is 1. The van der Waals surface area contributed by atoms with Gasteiger partial charge in [0.05, 0.1) is 24.6 Å². The molecule has 0 bridgehead atoms. The Morgan fingerprint density at radius 3 is 2.68 bits per heavy atom. The van der Waals surface area contributed by atoms with Gasteiger partial charge in [-0.2, -0.15) is 0 Å². The van der Waals surface area contributed by atoms with Gasteiger partial charge in [-0.1, -0.05) is 0 Å². The number of hydrogen-bond donors (Lipinski definition) is 0. The van der Waals surface area contributed by atoms with Gasteiger partial charge in [0, 0.05) is 17.5 Å². The van der Waals surface area contributed by atoms with Crippen molar-refractivity contribution in [3.8, 4) is 22.8 Å². The van der Waals surface area contributed by atoms with Gasteiger partial charge in [0.25, 0.3) is 5.56 Å². The van der Waals surface area contributed by atoms with E-state index in [0.29, 0.717) is 12.3 Å². The standard InChI is InChI=1S/C17H15NO3S/c1-20-14-8-10-3-5-18-13(12(10)9-15(14)21-2)7-11-4-6-22-16(11)17(18)19/h4,6-9H,3,5H2,1-2H3. The molecule has 0 fully saturated rings. The van der Waals surface area contributed by atoms with Crippen LogP contribution in [0.4, 0.5) is 0 Å². The fourth-order valence-corrected chi connectivity index (χ4v) is 3.93. The number of thiophene rings is 1. The van der Waals surface area contributed by atoms with E-state index in [2.05, 4.69) is 6.07 Å². The summed E-state index contributed by atoms with van der Waals surface area (Å²) in [6, 6.07) is 8.07. The topological polar surface area (TPSA) is 40.5 Å². The second kappa shape index (κ2) is 4.88. The summed E-state index contributed by atoms with van der Waals surface area (Å²) in [4.78, 5) is 12.6. The third-order valence-corrected chi connectivity index (χ3v) is 5.13. The van der Waals surface area contributed by atoms with Crippen LogP contribution in [-0.2, 0) is 13.0 Å². The molecule has 0 saturated carbocycles. The fourth-order valence-electron chi connectivity index (χ4n) is 3.11. The zero-order valence-electron chi connectivity index (χ0n) is 12.4. The Balaban J connectivity index is 2.04. The average molecular weight is 313 g/mol. The molecule has 22 heavy (non-hydrogen) atoms. The molecule has 0 radical (unpaired) electrons. The van der Waals surface area contributed by atoms with Crippen LogP contribution in [-0.4, -0.2) is 18.8 Å². The highest BCUT2D eigenvalue weighted by Crippen LogP contribution is 2.38. The largest absolute Gasteiger partial charge is 0.493 e. The zero-order chi connectivity index (χ0) is 15.3. The van der Waals surface area contributed by atoms with E-state index in [1.165, 1.54) is 16.9 Å². The van der Waals surface area contributed by atoms with Gasteiger partial charge in [0.2, 0.25) is 0 Å². The van der Waals surface area contributed by atoms with E-state index >= 15 is 0 Å². The number of hydrogen-bond acceptors (Lipinski definition) is 4. The minimum atomic E-state index is 0.0999. The van der Waals surface area contributed by atoms with Crippen LogP contribution in [0.5, 0.6) is 11.5 Å². The van der Waals surface area contributed by atoms with Crippen molar-refractivity contribution in [3.63, 3.8) is 0 Å². The summed E-state index contributed by atoms with van der Waals surface area (Å²) in [7, 11) is 3.27. The molecule has 4 nitrogen and oxygen atoms in total. The summed E-state index contributed by atoms with van der Waals surface area (Å²) in [6.45, 7) is 0.699. The first kappa shape index (κ1) is 13.4. The summed E-state index contributed by atoms with van der Waals surface area (Å²) in [5.74, 6) is 1.42. The SMILES string of the molecule is COc1cc2c(cc1OC)-c1cc3ccsc3c(=O)n1CC2. The van der Waals surface area contributed by atoms with Crippen molar-refractivity contribution in [2.45, 2.75) is 13.0 Å². The maximum absolute atomic E-state index is 12.6. The molecule has 1 aromatic carbocycles. The van der Waals surface area contributed by atoms with Crippen molar-refractivity contribution in [1.29, 1.82) is 0 Å². The van der Waals surface area contributed by atoms with Crippen LogP contribution in [0.1, 0.15) is 5.56 Å². The van der Waals surface area contributed by atoms with Crippen LogP contribution in [0.15, 0.2) is 34.4 Å². The molecule has 0 spiro atoms. The number of methoxy groups -OCH3 is 2. The number of aromatic nitrogens is 1. The molecule has 112 valence electrons. The van der Waals surface area contributed by atoms with Crippen molar-refractivity contribution in [2.24, 2.45) is 0 Å². The summed E-state index contributed by atoms with van der Waals surface area (Å²) in [6.07, 6.45) is 0.819. The van der Waals surface area contributed by atoms with Crippen LogP contribution in [0, 0.1) is 0 Å². The monoisotopic (exact) mass is 313 g/mol. The van der Waals surface area contributed by atoms with Gasteiger partial charge in [0.15, 0.2) is 11.5 Å². The predicted octanol–water partition coefficient (Wildman–Crippen LogP) is 3.30. The van der Waals surface area contributed by atoms with Gasteiger partial charge in [-0.3, -0.25) is 4.79 Å². The smallest absolute Gasteiger partial charge is 0.268 e. The molecule has 0 saturated heterocycles. The second-order valence-electron chi connectivity index (χ2n) is 5.31. The quantitative estimate of drug-likeness (QED) is 0.729. The number of ether oxygens (including phenoxy) is 2. The fraction of sp³-hybridized carbons (Fsp3) is 0.235. The zero-order valence-corrected chi connectivity index (χ0v) is 13.2. The maximum Gasteiger partial charge on any atom is 0.268 e. The first-order valence-corrected chi connectivity index (χ1v) is 7.97. The first-order valence-electron chi connectivity index (χ1n) is 7.09. The lowest BCUT2D eigenvalue weighted by atomic mass is 9.96. The molecule has 4 rings (SSSR count). The van der Waals surface area contributed by atoms with Gasteiger partial charge in [0.1, 0.15) is 0 Å². The predicted molar refractivity (Wildman–Crippen MR) is 88.3 cm³/mol. The van der Waals surface area contributed by atoms with E-state index in [0.717, 1.165) is 33.5 Å². The van der Waals surface area contributed by atoms with E-state index < -0.39 is 0 Å². The maximum atomic E-state index is 12.6. The molecular formula is C17H15NO3S. The van der Waals surface area contributed by atoms with E-state index in [4.69, 9.17) is 9.47 Å². The molecule has 3 aromatic rings. The normalized spacial score (nSPS) is 12.8. The summed E-state index contributed by atoms with van der Waals surface area (Å²) in [5, 5.41) is 2.97. The average Bonchev–Trinajstić information content (AvgIpc) is 3.02. The van der Waals surface area contributed by atoms with Gasteiger partial charge >= 0.3 is 0 Å². The lowest BCUT2D eigenvalue weighted by Crippen LogP contribution is -2.25. The number of rotatable bonds is 2. The summed E-state index contributed by atoms with van der Waals surface area (Å²) >= 11 is 1.50. The third-order valence-electron chi connectivity index (χ3n) is 4.21. The van der Waals surface area contributed by atoms with E-state index in [9.17, 15) is 4.79 Å². The molecule has 3 heterocycles. The van der Waals surface area contributed by atoms with Crippen LogP contribution >= 0.6 is 11.3 Å². The molecular weight excluding hydrogens is 298 g/mol. The number of nitrogens with zero attached hydrogens (tertiary/aromatic N) is 1. The van der Waals surface area contributed by atoms with Crippen molar-refractivity contribution >= 4 is 21.4 Å². The Labute approximate surface area is 131 Å². The number of benzene rings is 1. The van der Waals surface area contributed by atoms with Crippen LogP contribution in [0.2, 0.25) is 0 Å². The first-order chi connectivity index (χ1) is 10.7. The number of fused-ring (bicyclic) bond motifs is 4. The third kappa shape index (κ3) is 1.78. The minimum absolute atomic E-state index is 0.0999. The molecule has 0 N–H and O–H groups in total. The van der Waals surface area contributed by atoms with Gasteiger partial charge in [-0.25, -0.2) is 0 Å². The van der Waals surface area contributed by atoms with Gasteiger partial charge in [-0.05, 0) is 41.6 Å². The highest BCUT2D eigenvalue weighted by atomic mass is 32.1. The highest BCUT2D eigenvalue weighted by Gasteiger charge is 2.21. The summed E-state index contributed by atoms with van der Waals surface area (Å²) in [5.41, 5.74) is 3.29. The number of pyridine rings is 1. The molecule has 1 aliphatic rings. The van der Waals surface area contributed by atoms with Crippen molar-refractivity contribution < 1.29 is 9.47 Å². The lowest BCUT2D eigenvalue weighted by molar-refractivity contribution is 0.354. The van der Waals surface area contributed by atoms with E-state index in [-0.39, 0.29) is 5.56 Å². The molecule has 2 aromatic heterocycles. The second-order valence-corrected chi connectivity index (χ2v) is 6.22. The van der Waals surface area contributed by atoms with Crippen LogP contribution in [0.3, 0.4) is 0 Å². The highest BCUT2D eigenvalue weighted by molar-refractivity contribution is 7.17. The Morgan fingerprint density at radius 2 is 1.91 bits per heavy atom. The van der Waals surface area contributed by atoms with Crippen LogP contribution in [0.25, 0.3) is 21.3 Å². The molecule has 0 aliphatic carbocycles. The Bertz CT molecular complexity index is 939. The van der Waals surface area contributed by atoms with Gasteiger partial charge < -0.3 is 14.0 Å². The molecule has 0 unspecified atom stereocenters. The Hall–Kier alpha value is -2.27. The summed E-state index contributed by atoms with van der Waals surface area (Å²) < 4.78 is 13.5. The minimum Gasteiger partial charge on any atom is -0.493 e. The Morgan fingerprint density at radius 1 is 1.14 bits per heavy atom. The van der Waals surface area contributed by atoms with E-state index in [1.54, 1.807) is 14.2 Å². The van der Waals surface area contributed by atoms with Gasteiger partial charge in [-0.15, -0.1) is 11.3 Å². The van der Waals surface area contributed by atoms with Crippen LogP contribution < -0.4 is 15.0 Å². The lowest BCUT2D eigenvalue weighted by Gasteiger charge is -2.23. The molecule has 0 amide bonds. The van der Waals surface area contributed by atoms with E-state index in [1.807, 2.05) is 28.1 Å². The van der Waals surface area contributed by atoms with Crippen molar-refractivity contribution in [1.82, 2.24) is 4.57 Å². The Kier molecular flexibility index (Phi) is 2.97. The van der Waals surface area contributed by atoms with Crippen molar-refractivity contribution in [3.05, 3.63) is 45.6 Å². The molecule has 0 atom stereocenters. The molecule has 1 aliphatic heterocycles. The van der Waals surface area contributed by atoms with Crippen molar-refractivity contribution in [2.75, 3.05) is 14.2 Å². The molecule has 5 heteroatoms.